The van der Waals surface area contributed by atoms with Crippen LogP contribution in [0, 0.1) is 5.92 Å². The number of furan rings is 1. The molecular formula is C12H18N2O6S. The zero-order valence-electron chi connectivity index (χ0n) is 11.9. The lowest BCUT2D eigenvalue weighted by atomic mass is 10.0. The van der Waals surface area contributed by atoms with Gasteiger partial charge in [-0.05, 0) is 19.4 Å². The zero-order chi connectivity index (χ0) is 16.2. The Balaban J connectivity index is 2.87. The van der Waals surface area contributed by atoms with Crippen LogP contribution in [0.1, 0.15) is 30.6 Å². The van der Waals surface area contributed by atoms with Gasteiger partial charge in [0.05, 0.1) is 5.56 Å². The van der Waals surface area contributed by atoms with E-state index in [9.17, 15) is 18.0 Å². The van der Waals surface area contributed by atoms with Crippen LogP contribution in [0.15, 0.2) is 21.8 Å². The molecule has 3 N–H and O–H groups in total. The van der Waals surface area contributed by atoms with Gasteiger partial charge in [-0.2, -0.15) is 0 Å². The van der Waals surface area contributed by atoms with Gasteiger partial charge < -0.3 is 14.8 Å². The Morgan fingerprint density at radius 3 is 2.48 bits per heavy atom. The Hall–Kier alpha value is -1.87. The molecule has 0 aromatic carbocycles. The number of carboxylic acid groups (broad SMARTS) is 1. The summed E-state index contributed by atoms with van der Waals surface area (Å²) in [6.45, 7) is 3.66. The van der Waals surface area contributed by atoms with Gasteiger partial charge in [-0.25, -0.2) is 17.9 Å². The Kier molecular flexibility index (Phi) is 5.50. The number of rotatable bonds is 7. The molecule has 118 valence electrons. The second kappa shape index (κ2) is 6.72. The van der Waals surface area contributed by atoms with Gasteiger partial charge in [-0.15, -0.1) is 0 Å². The predicted molar refractivity (Wildman–Crippen MR) is 73.3 cm³/mol. The van der Waals surface area contributed by atoms with Crippen LogP contribution in [0.2, 0.25) is 0 Å². The summed E-state index contributed by atoms with van der Waals surface area (Å²) in [5, 5.41) is 11.0. The Labute approximate surface area is 122 Å². The fraction of sp³-hybridized carbons (Fsp3) is 0.500. The summed E-state index contributed by atoms with van der Waals surface area (Å²) in [6.07, 6.45) is 1.23. The average Bonchev–Trinajstić information content (AvgIpc) is 2.87. The van der Waals surface area contributed by atoms with Crippen molar-refractivity contribution in [2.45, 2.75) is 31.4 Å². The van der Waals surface area contributed by atoms with Gasteiger partial charge in [0.15, 0.2) is 0 Å². The van der Waals surface area contributed by atoms with E-state index in [1.54, 1.807) is 0 Å². The molecule has 0 bridgehead atoms. The number of amides is 1. The highest BCUT2D eigenvalue weighted by molar-refractivity contribution is 7.89. The van der Waals surface area contributed by atoms with Crippen molar-refractivity contribution in [3.63, 3.8) is 0 Å². The molecule has 1 atom stereocenters. The van der Waals surface area contributed by atoms with Crippen LogP contribution in [0.4, 0.5) is 0 Å². The first kappa shape index (κ1) is 17.2. The molecule has 21 heavy (non-hydrogen) atoms. The van der Waals surface area contributed by atoms with E-state index >= 15 is 0 Å². The van der Waals surface area contributed by atoms with Crippen LogP contribution in [0.25, 0.3) is 0 Å². The first-order chi connectivity index (χ1) is 9.67. The Morgan fingerprint density at radius 2 is 2.00 bits per heavy atom. The maximum atomic E-state index is 11.9. The summed E-state index contributed by atoms with van der Waals surface area (Å²) in [6, 6.07) is -0.00751. The Bertz CT molecular complexity index is 619. The third-order valence-electron chi connectivity index (χ3n) is 2.68. The summed E-state index contributed by atoms with van der Waals surface area (Å²) in [5.41, 5.74) is -0.0566. The molecule has 0 fully saturated rings. The maximum Gasteiger partial charge on any atom is 0.326 e. The lowest BCUT2D eigenvalue weighted by Gasteiger charge is -2.15. The Morgan fingerprint density at radius 1 is 1.38 bits per heavy atom. The standard InChI is InChI=1S/C12H18N2O6S/c1-7(2)4-9(12(16)17)14-11(15)8-5-10(20-6-8)21(18,19)13-3/h5-7,9,13H,4H2,1-3H3,(H,14,15)(H,16,17)/t9-/m1/s1. The van der Waals surface area contributed by atoms with Gasteiger partial charge in [0.25, 0.3) is 15.9 Å². The maximum absolute atomic E-state index is 11.9. The molecule has 0 radical (unpaired) electrons. The molecule has 8 nitrogen and oxygen atoms in total. The lowest BCUT2D eigenvalue weighted by Crippen LogP contribution is -2.41. The number of aliphatic carboxylic acids is 1. The second-order valence-corrected chi connectivity index (χ2v) is 6.67. The van der Waals surface area contributed by atoms with Crippen LogP contribution in [0.5, 0.6) is 0 Å². The van der Waals surface area contributed by atoms with Gasteiger partial charge in [-0.3, -0.25) is 4.79 Å². The van der Waals surface area contributed by atoms with Crippen molar-refractivity contribution in [3.8, 4) is 0 Å². The van der Waals surface area contributed by atoms with Gasteiger partial charge in [0.1, 0.15) is 12.3 Å². The van der Waals surface area contributed by atoms with Crippen LogP contribution in [-0.2, 0) is 14.8 Å². The molecule has 0 aliphatic heterocycles. The second-order valence-electron chi connectivity index (χ2n) is 4.86. The minimum Gasteiger partial charge on any atom is -0.480 e. The molecule has 1 amide bonds. The molecule has 0 spiro atoms. The molecule has 0 aliphatic carbocycles. The normalized spacial score (nSPS) is 13.1. The first-order valence-electron chi connectivity index (χ1n) is 6.23. The molecule has 0 saturated carbocycles. The fourth-order valence-corrected chi connectivity index (χ4v) is 2.27. The summed E-state index contributed by atoms with van der Waals surface area (Å²) >= 11 is 0. The number of carbonyl (C=O) groups is 2. The van der Waals surface area contributed by atoms with E-state index in [1.807, 2.05) is 18.6 Å². The van der Waals surface area contributed by atoms with E-state index in [0.29, 0.717) is 0 Å². The number of hydrogen-bond donors (Lipinski definition) is 3. The highest BCUT2D eigenvalue weighted by Gasteiger charge is 2.24. The smallest absolute Gasteiger partial charge is 0.326 e. The number of nitrogens with one attached hydrogen (secondary N) is 2. The SMILES string of the molecule is CNS(=O)(=O)c1cc(C(=O)N[C@H](CC(C)C)C(=O)O)co1. The number of sulfonamides is 1. The third kappa shape index (κ3) is 4.57. The largest absolute Gasteiger partial charge is 0.480 e. The molecule has 0 unspecified atom stereocenters. The summed E-state index contributed by atoms with van der Waals surface area (Å²) in [5.74, 6) is -1.77. The minimum absolute atomic E-state index is 0.0566. The highest BCUT2D eigenvalue weighted by atomic mass is 32.2. The van der Waals surface area contributed by atoms with E-state index in [-0.39, 0.29) is 17.9 Å². The van der Waals surface area contributed by atoms with Crippen molar-refractivity contribution in [3.05, 3.63) is 17.9 Å². The van der Waals surface area contributed by atoms with Crippen LogP contribution in [-0.4, -0.2) is 38.5 Å². The van der Waals surface area contributed by atoms with E-state index in [0.717, 1.165) is 12.3 Å². The monoisotopic (exact) mass is 318 g/mol. The number of carboxylic acids is 1. The van der Waals surface area contributed by atoms with E-state index in [1.165, 1.54) is 7.05 Å². The third-order valence-corrected chi connectivity index (χ3v) is 3.96. The summed E-state index contributed by atoms with van der Waals surface area (Å²) in [4.78, 5) is 23.0. The average molecular weight is 318 g/mol. The molecule has 9 heteroatoms. The van der Waals surface area contributed by atoms with E-state index in [2.05, 4.69) is 5.32 Å². The van der Waals surface area contributed by atoms with Crippen molar-refractivity contribution < 1.29 is 27.5 Å². The van der Waals surface area contributed by atoms with Gasteiger partial charge >= 0.3 is 5.97 Å². The molecule has 0 aliphatic rings. The molecule has 1 aromatic rings. The van der Waals surface area contributed by atoms with Gasteiger partial charge in [0.2, 0.25) is 5.09 Å². The fourth-order valence-electron chi connectivity index (χ4n) is 1.61. The predicted octanol–water partition coefficient (Wildman–Crippen LogP) is 0.417. The van der Waals surface area contributed by atoms with Gasteiger partial charge in [0, 0.05) is 6.07 Å². The molecule has 1 heterocycles. The van der Waals surface area contributed by atoms with Crippen molar-refractivity contribution >= 4 is 21.9 Å². The van der Waals surface area contributed by atoms with Crippen molar-refractivity contribution in [2.24, 2.45) is 5.92 Å². The van der Waals surface area contributed by atoms with E-state index < -0.39 is 33.0 Å². The minimum atomic E-state index is -3.79. The zero-order valence-corrected chi connectivity index (χ0v) is 12.7. The molecule has 1 rings (SSSR count). The topological polar surface area (TPSA) is 126 Å². The first-order valence-corrected chi connectivity index (χ1v) is 7.71. The van der Waals surface area contributed by atoms with Crippen molar-refractivity contribution in [1.82, 2.24) is 10.0 Å². The molecule has 1 aromatic heterocycles. The molecular weight excluding hydrogens is 300 g/mol. The summed E-state index contributed by atoms with van der Waals surface area (Å²) in [7, 11) is -2.58. The van der Waals surface area contributed by atoms with Crippen molar-refractivity contribution in [2.75, 3.05) is 7.05 Å². The van der Waals surface area contributed by atoms with Crippen LogP contribution < -0.4 is 10.0 Å². The highest BCUT2D eigenvalue weighted by Crippen LogP contribution is 2.14. The quantitative estimate of drug-likeness (QED) is 0.669. The lowest BCUT2D eigenvalue weighted by molar-refractivity contribution is -0.139. The van der Waals surface area contributed by atoms with Crippen molar-refractivity contribution in [1.29, 1.82) is 0 Å². The number of hydrogen-bond acceptors (Lipinski definition) is 5. The number of carbonyl (C=O) groups excluding carboxylic acids is 1. The van der Waals surface area contributed by atoms with Gasteiger partial charge in [-0.1, -0.05) is 13.8 Å². The molecule has 0 saturated heterocycles. The van der Waals surface area contributed by atoms with Crippen LogP contribution in [0.3, 0.4) is 0 Å². The van der Waals surface area contributed by atoms with Crippen LogP contribution >= 0.6 is 0 Å². The van der Waals surface area contributed by atoms with E-state index in [4.69, 9.17) is 9.52 Å². The summed E-state index contributed by atoms with van der Waals surface area (Å²) < 4.78 is 29.8.